The van der Waals surface area contributed by atoms with Gasteiger partial charge >= 0.3 is 0 Å². The van der Waals surface area contributed by atoms with Gasteiger partial charge in [-0.1, -0.05) is 12.1 Å². The Kier molecular flexibility index (Phi) is 4.74. The molecule has 0 spiro atoms. The van der Waals surface area contributed by atoms with E-state index in [2.05, 4.69) is 34.6 Å². The van der Waals surface area contributed by atoms with Gasteiger partial charge in [0.2, 0.25) is 0 Å². The molecule has 0 aliphatic rings. The lowest BCUT2D eigenvalue weighted by atomic mass is 10.1. The molecule has 5 nitrogen and oxygen atoms in total. The number of ether oxygens (including phenoxy) is 1. The van der Waals surface area contributed by atoms with E-state index in [0.717, 1.165) is 23.8 Å². The number of aryl methyl sites for hydroxylation is 1. The van der Waals surface area contributed by atoms with Gasteiger partial charge in [-0.3, -0.25) is 0 Å². The Balaban J connectivity index is 1.92. The fourth-order valence-corrected chi connectivity index (χ4v) is 1.90. The number of hydrogen-bond acceptors (Lipinski definition) is 4. The van der Waals surface area contributed by atoms with E-state index in [0.29, 0.717) is 12.6 Å². The minimum Gasteiger partial charge on any atom is -0.486 e. The maximum Gasteiger partial charge on any atom is 0.170 e. The molecule has 0 fully saturated rings. The first kappa shape index (κ1) is 14.5. The number of likely N-dealkylation sites (N-methyl/N-ethyl adjacent to an activating group) is 1. The summed E-state index contributed by atoms with van der Waals surface area (Å²) < 4.78 is 7.67. The molecule has 1 aromatic heterocycles. The topological polar surface area (TPSA) is 52.0 Å². The van der Waals surface area contributed by atoms with Crippen molar-refractivity contribution in [1.82, 2.24) is 20.1 Å². The number of nitrogens with zero attached hydrogens (tertiary/aromatic N) is 3. The first-order chi connectivity index (χ1) is 9.60. The summed E-state index contributed by atoms with van der Waals surface area (Å²) in [4.78, 5) is 0. The van der Waals surface area contributed by atoms with Crippen LogP contribution in [0.25, 0.3) is 0 Å². The zero-order valence-corrected chi connectivity index (χ0v) is 12.6. The van der Waals surface area contributed by atoms with Crippen LogP contribution in [0.4, 0.5) is 0 Å². The van der Waals surface area contributed by atoms with Crippen LogP contribution in [0.15, 0.2) is 24.3 Å². The summed E-state index contributed by atoms with van der Waals surface area (Å²) >= 11 is 0. The van der Waals surface area contributed by atoms with E-state index in [1.807, 2.05) is 37.7 Å². The number of aromatic nitrogens is 3. The summed E-state index contributed by atoms with van der Waals surface area (Å²) in [6.45, 7) is 4.53. The first-order valence-corrected chi connectivity index (χ1v) is 6.84. The van der Waals surface area contributed by atoms with Crippen LogP contribution >= 0.6 is 0 Å². The number of hydrogen-bond donors (Lipinski definition) is 1. The highest BCUT2D eigenvalue weighted by Gasteiger charge is 2.06. The molecule has 1 atom stereocenters. The molecule has 20 heavy (non-hydrogen) atoms. The molecule has 0 saturated carbocycles. The van der Waals surface area contributed by atoms with Crippen LogP contribution in [0.1, 0.15) is 24.1 Å². The number of rotatable bonds is 6. The molecule has 108 valence electrons. The average Bonchev–Trinajstić information content (AvgIpc) is 2.78. The van der Waals surface area contributed by atoms with Gasteiger partial charge in [-0.25, -0.2) is 0 Å². The van der Waals surface area contributed by atoms with Crippen LogP contribution in [0.3, 0.4) is 0 Å². The fourth-order valence-electron chi connectivity index (χ4n) is 1.90. The molecule has 0 aliphatic carbocycles. The quantitative estimate of drug-likeness (QED) is 0.873. The van der Waals surface area contributed by atoms with Gasteiger partial charge in [0.05, 0.1) is 0 Å². The van der Waals surface area contributed by atoms with E-state index < -0.39 is 0 Å². The van der Waals surface area contributed by atoms with E-state index >= 15 is 0 Å². The molecule has 0 radical (unpaired) electrons. The van der Waals surface area contributed by atoms with Crippen molar-refractivity contribution < 1.29 is 4.74 Å². The van der Waals surface area contributed by atoms with Crippen LogP contribution in [-0.4, -0.2) is 27.9 Å². The third-order valence-corrected chi connectivity index (χ3v) is 3.51. The van der Waals surface area contributed by atoms with Crippen LogP contribution in [-0.2, 0) is 20.1 Å². The van der Waals surface area contributed by atoms with Gasteiger partial charge in [-0.05, 0) is 45.0 Å². The Labute approximate surface area is 120 Å². The molecule has 2 aromatic rings. The SMILES string of the molecule is CNC(C)Cc1ccc(OCc2nnc(C)n2C)cc1. The van der Waals surface area contributed by atoms with Gasteiger partial charge in [0.25, 0.3) is 0 Å². The third-order valence-electron chi connectivity index (χ3n) is 3.51. The lowest BCUT2D eigenvalue weighted by Gasteiger charge is -2.11. The summed E-state index contributed by atoms with van der Waals surface area (Å²) in [5.41, 5.74) is 1.30. The van der Waals surface area contributed by atoms with Crippen LogP contribution in [0.5, 0.6) is 5.75 Å². The lowest BCUT2D eigenvalue weighted by molar-refractivity contribution is 0.291. The third kappa shape index (κ3) is 3.57. The van der Waals surface area contributed by atoms with E-state index in [-0.39, 0.29) is 0 Å². The smallest absolute Gasteiger partial charge is 0.170 e. The Bertz CT molecular complexity index is 548. The molecule has 5 heteroatoms. The Morgan fingerprint density at radius 1 is 1.25 bits per heavy atom. The van der Waals surface area contributed by atoms with Crippen molar-refractivity contribution in [2.45, 2.75) is 32.9 Å². The van der Waals surface area contributed by atoms with Crippen LogP contribution in [0, 0.1) is 6.92 Å². The Morgan fingerprint density at radius 2 is 1.95 bits per heavy atom. The maximum atomic E-state index is 5.73. The highest BCUT2D eigenvalue weighted by atomic mass is 16.5. The van der Waals surface area contributed by atoms with Gasteiger partial charge in [0.1, 0.15) is 18.2 Å². The summed E-state index contributed by atoms with van der Waals surface area (Å²) in [5.74, 6) is 2.57. The molecular weight excluding hydrogens is 252 g/mol. The molecule has 0 bridgehead atoms. The standard InChI is InChI=1S/C15H22N4O/c1-11(16-3)9-13-5-7-14(8-6-13)20-10-15-18-17-12(2)19(15)4/h5-8,11,16H,9-10H2,1-4H3. The summed E-state index contributed by atoms with van der Waals surface area (Å²) in [5, 5.41) is 11.3. The minimum absolute atomic E-state index is 0.434. The molecule has 1 heterocycles. The van der Waals surface area contributed by atoms with E-state index in [9.17, 15) is 0 Å². The second-order valence-electron chi connectivity index (χ2n) is 5.05. The highest BCUT2D eigenvalue weighted by Crippen LogP contribution is 2.15. The molecular formula is C15H22N4O. The molecule has 1 unspecified atom stereocenters. The normalized spacial score (nSPS) is 12.4. The van der Waals surface area contributed by atoms with Gasteiger partial charge in [-0.2, -0.15) is 0 Å². The summed E-state index contributed by atoms with van der Waals surface area (Å²) in [6, 6.07) is 8.68. The van der Waals surface area contributed by atoms with E-state index in [1.54, 1.807) is 0 Å². The van der Waals surface area contributed by atoms with E-state index in [1.165, 1.54) is 5.56 Å². The predicted molar refractivity (Wildman–Crippen MR) is 78.7 cm³/mol. The van der Waals surface area contributed by atoms with Gasteiger partial charge in [0.15, 0.2) is 5.82 Å². The van der Waals surface area contributed by atoms with Crippen molar-refractivity contribution >= 4 is 0 Å². The Hall–Kier alpha value is -1.88. The highest BCUT2D eigenvalue weighted by molar-refractivity contribution is 5.27. The molecule has 0 saturated heterocycles. The molecule has 1 N–H and O–H groups in total. The average molecular weight is 274 g/mol. The maximum absolute atomic E-state index is 5.73. The van der Waals surface area contributed by atoms with Crippen LogP contribution in [0.2, 0.25) is 0 Å². The largest absolute Gasteiger partial charge is 0.486 e. The lowest BCUT2D eigenvalue weighted by Crippen LogP contribution is -2.23. The van der Waals surface area contributed by atoms with Crippen molar-refractivity contribution in [3.05, 3.63) is 41.5 Å². The van der Waals surface area contributed by atoms with Crippen molar-refractivity contribution in [1.29, 1.82) is 0 Å². The second-order valence-corrected chi connectivity index (χ2v) is 5.05. The predicted octanol–water partition coefficient (Wildman–Crippen LogP) is 1.85. The monoisotopic (exact) mass is 274 g/mol. The molecule has 1 aromatic carbocycles. The van der Waals surface area contributed by atoms with Crippen molar-refractivity contribution in [2.24, 2.45) is 7.05 Å². The van der Waals surface area contributed by atoms with Gasteiger partial charge in [0, 0.05) is 13.1 Å². The van der Waals surface area contributed by atoms with Gasteiger partial charge in [-0.15, -0.1) is 10.2 Å². The fraction of sp³-hybridized carbons (Fsp3) is 0.467. The van der Waals surface area contributed by atoms with Crippen molar-refractivity contribution in [2.75, 3.05) is 7.05 Å². The summed E-state index contributed by atoms with van der Waals surface area (Å²) in [7, 11) is 3.92. The molecule has 2 rings (SSSR count). The molecule has 0 aliphatic heterocycles. The van der Waals surface area contributed by atoms with Crippen molar-refractivity contribution in [3.63, 3.8) is 0 Å². The Morgan fingerprint density at radius 3 is 2.50 bits per heavy atom. The molecule has 0 amide bonds. The second kappa shape index (κ2) is 6.52. The van der Waals surface area contributed by atoms with E-state index in [4.69, 9.17) is 4.74 Å². The summed E-state index contributed by atoms with van der Waals surface area (Å²) in [6.07, 6.45) is 1.01. The number of nitrogens with one attached hydrogen (secondary N) is 1. The minimum atomic E-state index is 0.434. The zero-order chi connectivity index (χ0) is 14.5. The number of benzene rings is 1. The van der Waals surface area contributed by atoms with Crippen LogP contribution < -0.4 is 10.1 Å². The zero-order valence-electron chi connectivity index (χ0n) is 12.6. The van der Waals surface area contributed by atoms with Gasteiger partial charge < -0.3 is 14.6 Å². The first-order valence-electron chi connectivity index (χ1n) is 6.84. The van der Waals surface area contributed by atoms with Crippen molar-refractivity contribution in [3.8, 4) is 5.75 Å².